The Labute approximate surface area is 140 Å². The number of nitrogens with zero attached hydrogens (tertiary/aromatic N) is 1. The van der Waals surface area contributed by atoms with E-state index in [1.807, 2.05) is 61.5 Å². The summed E-state index contributed by atoms with van der Waals surface area (Å²) in [6.07, 6.45) is 0.457. The average Bonchev–Trinajstić information content (AvgIpc) is 2.48. The number of amides is 1. The third-order valence-electron chi connectivity index (χ3n) is 3.06. The lowest BCUT2D eigenvalue weighted by Gasteiger charge is -2.18. The highest BCUT2D eigenvalue weighted by Gasteiger charge is 2.09. The molecule has 0 spiro atoms. The van der Waals surface area contributed by atoms with Crippen molar-refractivity contribution in [3.63, 3.8) is 0 Å². The lowest BCUT2D eigenvalue weighted by atomic mass is 10.2. The second kappa shape index (κ2) is 8.11. The van der Waals surface area contributed by atoms with Crippen LogP contribution in [0.5, 0.6) is 0 Å². The van der Waals surface area contributed by atoms with Gasteiger partial charge in [0.15, 0.2) is 0 Å². The number of hydrogen-bond donors (Lipinski definition) is 1. The monoisotopic (exact) mass is 334 g/mol. The summed E-state index contributed by atoms with van der Waals surface area (Å²) in [5.74, 6) is 0.738. The fraction of sp³-hybridized carbons (Fsp3) is 0.235. The van der Waals surface area contributed by atoms with E-state index in [0.717, 1.165) is 17.1 Å². The molecule has 1 amide bonds. The summed E-state index contributed by atoms with van der Waals surface area (Å²) in [4.78, 5) is 15.2. The van der Waals surface area contributed by atoms with Gasteiger partial charge in [-0.15, -0.1) is 11.8 Å². The Hall–Kier alpha value is -1.65. The van der Waals surface area contributed by atoms with E-state index < -0.39 is 0 Å². The van der Waals surface area contributed by atoms with Crippen LogP contribution in [0, 0.1) is 0 Å². The van der Waals surface area contributed by atoms with Crippen molar-refractivity contribution in [1.82, 2.24) is 0 Å². The summed E-state index contributed by atoms with van der Waals surface area (Å²) < 4.78 is 0. The molecular formula is C17H19ClN2OS. The van der Waals surface area contributed by atoms with Crippen molar-refractivity contribution in [2.45, 2.75) is 11.3 Å². The molecule has 2 aromatic carbocycles. The Balaban J connectivity index is 1.90. The second-order valence-corrected chi connectivity index (χ2v) is 6.62. The molecule has 3 nitrogen and oxygen atoms in total. The average molecular weight is 335 g/mol. The molecule has 0 atom stereocenters. The highest BCUT2D eigenvalue weighted by atomic mass is 35.5. The van der Waals surface area contributed by atoms with E-state index in [4.69, 9.17) is 11.6 Å². The van der Waals surface area contributed by atoms with E-state index in [1.165, 1.54) is 4.90 Å². The predicted octanol–water partition coefficient (Wildman–Crippen LogP) is 4.53. The highest BCUT2D eigenvalue weighted by molar-refractivity contribution is 7.99. The summed E-state index contributed by atoms with van der Waals surface area (Å²) in [7, 11) is 3.87. The van der Waals surface area contributed by atoms with Crippen LogP contribution in [0.2, 0.25) is 5.02 Å². The van der Waals surface area contributed by atoms with Crippen LogP contribution in [0.4, 0.5) is 11.4 Å². The van der Waals surface area contributed by atoms with Gasteiger partial charge in [-0.1, -0.05) is 29.8 Å². The summed E-state index contributed by atoms with van der Waals surface area (Å²) in [6, 6.07) is 15.6. The molecule has 0 aliphatic heterocycles. The third-order valence-corrected chi connectivity index (χ3v) is 4.30. The zero-order chi connectivity index (χ0) is 15.9. The standard InChI is InChI=1S/C17H19ClN2OS/c1-20(2)16-9-8-13(18)12-15(16)19-17(21)10-11-22-14-6-4-3-5-7-14/h3-9,12H,10-11H2,1-2H3,(H,19,21). The number of nitrogens with one attached hydrogen (secondary N) is 1. The molecule has 0 unspecified atom stereocenters. The number of thioether (sulfide) groups is 1. The lowest BCUT2D eigenvalue weighted by Crippen LogP contribution is -2.17. The maximum atomic E-state index is 12.1. The molecule has 2 aromatic rings. The number of carbonyl (C=O) groups is 1. The van der Waals surface area contributed by atoms with Gasteiger partial charge in [0.25, 0.3) is 0 Å². The fourth-order valence-corrected chi connectivity index (χ4v) is 3.03. The van der Waals surface area contributed by atoms with Gasteiger partial charge in [0, 0.05) is 36.2 Å². The van der Waals surface area contributed by atoms with Crippen molar-refractivity contribution >= 4 is 40.6 Å². The van der Waals surface area contributed by atoms with Gasteiger partial charge in [-0.25, -0.2) is 0 Å². The number of halogens is 1. The summed E-state index contributed by atoms with van der Waals surface area (Å²) >= 11 is 7.69. The normalized spacial score (nSPS) is 10.3. The Morgan fingerprint density at radius 3 is 2.59 bits per heavy atom. The van der Waals surface area contributed by atoms with Gasteiger partial charge >= 0.3 is 0 Å². The topological polar surface area (TPSA) is 32.3 Å². The van der Waals surface area contributed by atoms with Crippen LogP contribution >= 0.6 is 23.4 Å². The molecule has 0 aliphatic rings. The van der Waals surface area contributed by atoms with Crippen LogP contribution in [0.25, 0.3) is 0 Å². The SMILES string of the molecule is CN(C)c1ccc(Cl)cc1NC(=O)CCSc1ccccc1. The molecule has 0 radical (unpaired) electrons. The first-order valence-corrected chi connectivity index (χ1v) is 8.37. The molecule has 5 heteroatoms. The van der Waals surface area contributed by atoms with Crippen LogP contribution < -0.4 is 10.2 Å². The lowest BCUT2D eigenvalue weighted by molar-refractivity contribution is -0.115. The van der Waals surface area contributed by atoms with Crippen molar-refractivity contribution in [2.24, 2.45) is 0 Å². The van der Waals surface area contributed by atoms with Crippen molar-refractivity contribution in [3.8, 4) is 0 Å². The molecule has 116 valence electrons. The van der Waals surface area contributed by atoms with Gasteiger partial charge < -0.3 is 10.2 Å². The van der Waals surface area contributed by atoms with Gasteiger partial charge in [-0.05, 0) is 30.3 Å². The van der Waals surface area contributed by atoms with Gasteiger partial charge in [-0.3, -0.25) is 4.79 Å². The molecule has 0 saturated heterocycles. The first-order valence-electron chi connectivity index (χ1n) is 7.01. The fourth-order valence-electron chi connectivity index (χ4n) is 1.99. The van der Waals surface area contributed by atoms with Crippen LogP contribution in [0.3, 0.4) is 0 Å². The van der Waals surface area contributed by atoms with Crippen LogP contribution in [0.1, 0.15) is 6.42 Å². The van der Waals surface area contributed by atoms with Gasteiger partial charge in [-0.2, -0.15) is 0 Å². The maximum absolute atomic E-state index is 12.1. The second-order valence-electron chi connectivity index (χ2n) is 5.02. The van der Waals surface area contributed by atoms with Crippen molar-refractivity contribution in [3.05, 3.63) is 53.6 Å². The van der Waals surface area contributed by atoms with Crippen molar-refractivity contribution in [1.29, 1.82) is 0 Å². The molecule has 0 aromatic heterocycles. The smallest absolute Gasteiger partial charge is 0.225 e. The first-order chi connectivity index (χ1) is 10.6. The Morgan fingerprint density at radius 1 is 1.18 bits per heavy atom. The minimum absolute atomic E-state index is 0.00574. The number of carbonyl (C=O) groups excluding carboxylic acids is 1. The summed E-state index contributed by atoms with van der Waals surface area (Å²) in [6.45, 7) is 0. The number of hydrogen-bond acceptors (Lipinski definition) is 3. The number of anilines is 2. The molecule has 0 fully saturated rings. The maximum Gasteiger partial charge on any atom is 0.225 e. The molecular weight excluding hydrogens is 316 g/mol. The first kappa shape index (κ1) is 16.7. The molecule has 0 aliphatic carbocycles. The molecule has 0 bridgehead atoms. The van der Waals surface area contributed by atoms with Gasteiger partial charge in [0.1, 0.15) is 0 Å². The minimum Gasteiger partial charge on any atom is -0.376 e. The third kappa shape index (κ3) is 4.97. The molecule has 0 heterocycles. The zero-order valence-electron chi connectivity index (χ0n) is 12.7. The summed E-state index contributed by atoms with van der Waals surface area (Å²) in [5, 5.41) is 3.55. The van der Waals surface area contributed by atoms with E-state index in [-0.39, 0.29) is 5.91 Å². The van der Waals surface area contributed by atoms with E-state index in [0.29, 0.717) is 11.4 Å². The number of benzene rings is 2. The molecule has 0 saturated carbocycles. The highest BCUT2D eigenvalue weighted by Crippen LogP contribution is 2.28. The number of rotatable bonds is 6. The van der Waals surface area contributed by atoms with Crippen molar-refractivity contribution < 1.29 is 4.79 Å². The van der Waals surface area contributed by atoms with E-state index in [2.05, 4.69) is 5.32 Å². The Morgan fingerprint density at radius 2 is 1.91 bits per heavy atom. The van der Waals surface area contributed by atoms with E-state index >= 15 is 0 Å². The van der Waals surface area contributed by atoms with E-state index in [1.54, 1.807) is 17.8 Å². The Kier molecular flexibility index (Phi) is 6.16. The molecule has 1 N–H and O–H groups in total. The van der Waals surface area contributed by atoms with Gasteiger partial charge in [0.05, 0.1) is 11.4 Å². The zero-order valence-corrected chi connectivity index (χ0v) is 14.2. The van der Waals surface area contributed by atoms with Crippen LogP contribution in [-0.4, -0.2) is 25.8 Å². The largest absolute Gasteiger partial charge is 0.376 e. The predicted molar refractivity (Wildman–Crippen MR) is 96.2 cm³/mol. The van der Waals surface area contributed by atoms with Gasteiger partial charge in [0.2, 0.25) is 5.91 Å². The van der Waals surface area contributed by atoms with E-state index in [9.17, 15) is 4.79 Å². The summed E-state index contributed by atoms with van der Waals surface area (Å²) in [5.41, 5.74) is 1.68. The molecule has 2 rings (SSSR count). The van der Waals surface area contributed by atoms with Crippen LogP contribution in [0.15, 0.2) is 53.4 Å². The minimum atomic E-state index is -0.00574. The quantitative estimate of drug-likeness (QED) is 0.788. The van der Waals surface area contributed by atoms with Crippen LogP contribution in [-0.2, 0) is 4.79 Å². The van der Waals surface area contributed by atoms with Crippen molar-refractivity contribution in [2.75, 3.05) is 30.1 Å². The Bertz CT molecular complexity index is 632. The molecule has 22 heavy (non-hydrogen) atoms.